The summed E-state index contributed by atoms with van der Waals surface area (Å²) >= 11 is 3.51. The van der Waals surface area contributed by atoms with Crippen molar-refractivity contribution < 1.29 is 4.42 Å². The Morgan fingerprint density at radius 2 is 1.95 bits per heavy atom. The van der Waals surface area contributed by atoms with E-state index in [0.29, 0.717) is 11.5 Å². The van der Waals surface area contributed by atoms with Gasteiger partial charge in [-0.1, -0.05) is 29.8 Å². The van der Waals surface area contributed by atoms with Crippen LogP contribution in [0.4, 0.5) is 0 Å². The van der Waals surface area contributed by atoms with Gasteiger partial charge in [0.2, 0.25) is 0 Å². The number of halogens is 1. The Morgan fingerprint density at radius 1 is 1.24 bits per heavy atom. The van der Waals surface area contributed by atoms with E-state index in [-0.39, 0.29) is 6.04 Å². The summed E-state index contributed by atoms with van der Waals surface area (Å²) in [5, 5.41) is 4.91. The van der Waals surface area contributed by atoms with Crippen molar-refractivity contribution >= 4 is 26.9 Å². The van der Waals surface area contributed by atoms with Crippen molar-refractivity contribution in [2.75, 3.05) is 0 Å². The molecule has 1 fully saturated rings. The summed E-state index contributed by atoms with van der Waals surface area (Å²) in [5.74, 6) is 1.04. The maximum absolute atomic E-state index is 5.98. The Morgan fingerprint density at radius 3 is 2.67 bits per heavy atom. The van der Waals surface area contributed by atoms with Gasteiger partial charge in [-0.3, -0.25) is 0 Å². The van der Waals surface area contributed by atoms with Crippen LogP contribution in [0.1, 0.15) is 58.3 Å². The van der Waals surface area contributed by atoms with Crippen molar-refractivity contribution in [2.24, 2.45) is 5.41 Å². The fourth-order valence-electron chi connectivity index (χ4n) is 3.25. The van der Waals surface area contributed by atoms with E-state index in [4.69, 9.17) is 4.42 Å². The van der Waals surface area contributed by atoms with Gasteiger partial charge in [-0.05, 0) is 62.3 Å². The van der Waals surface area contributed by atoms with Crippen LogP contribution in [0.3, 0.4) is 0 Å². The Hall–Kier alpha value is -0.800. The highest BCUT2D eigenvalue weighted by Crippen LogP contribution is 2.36. The van der Waals surface area contributed by atoms with Crippen molar-refractivity contribution in [1.29, 1.82) is 0 Å². The van der Waals surface area contributed by atoms with Gasteiger partial charge in [0.05, 0.1) is 6.04 Å². The fraction of sp³-hybridized carbons (Fsp3) is 0.556. The lowest BCUT2D eigenvalue weighted by atomic mass is 9.75. The number of hydrogen-bond acceptors (Lipinski definition) is 2. The fourth-order valence-corrected chi connectivity index (χ4v) is 3.63. The first-order chi connectivity index (χ1) is 9.93. The predicted molar refractivity (Wildman–Crippen MR) is 91.5 cm³/mol. The Balaban J connectivity index is 1.68. The van der Waals surface area contributed by atoms with Crippen LogP contribution in [-0.2, 0) is 0 Å². The quantitative estimate of drug-likeness (QED) is 0.755. The monoisotopic (exact) mass is 349 g/mol. The number of nitrogens with one attached hydrogen (secondary N) is 1. The molecular formula is C18H24BrNO. The topological polar surface area (TPSA) is 25.2 Å². The smallest absolute Gasteiger partial charge is 0.134 e. The van der Waals surface area contributed by atoms with E-state index in [0.717, 1.165) is 21.2 Å². The molecule has 2 aromatic rings. The minimum Gasteiger partial charge on any atom is -0.459 e. The Kier molecular flexibility index (Phi) is 4.15. The molecule has 2 nitrogen and oxygen atoms in total. The molecule has 1 aliphatic carbocycles. The number of rotatable bonds is 3. The van der Waals surface area contributed by atoms with Crippen LogP contribution in [0.25, 0.3) is 11.0 Å². The summed E-state index contributed by atoms with van der Waals surface area (Å²) in [4.78, 5) is 0. The molecule has 1 aromatic heterocycles. The van der Waals surface area contributed by atoms with Crippen molar-refractivity contribution in [2.45, 2.75) is 58.5 Å². The van der Waals surface area contributed by atoms with Crippen LogP contribution in [0, 0.1) is 5.41 Å². The number of furan rings is 1. The molecule has 1 aliphatic rings. The van der Waals surface area contributed by atoms with Crippen LogP contribution in [0.5, 0.6) is 0 Å². The molecule has 0 amide bonds. The van der Waals surface area contributed by atoms with Gasteiger partial charge >= 0.3 is 0 Å². The van der Waals surface area contributed by atoms with Gasteiger partial charge in [-0.25, -0.2) is 0 Å². The molecule has 0 radical (unpaired) electrons. The summed E-state index contributed by atoms with van der Waals surface area (Å²) in [6, 6.07) is 9.20. The average Bonchev–Trinajstić information content (AvgIpc) is 2.84. The first-order valence-corrected chi connectivity index (χ1v) is 8.67. The van der Waals surface area contributed by atoms with E-state index in [2.05, 4.69) is 54.2 Å². The molecule has 1 aromatic carbocycles. The maximum atomic E-state index is 5.98. The molecule has 114 valence electrons. The van der Waals surface area contributed by atoms with Gasteiger partial charge in [0.15, 0.2) is 0 Å². The number of hydrogen-bond donors (Lipinski definition) is 1. The molecule has 0 spiro atoms. The van der Waals surface area contributed by atoms with Crippen molar-refractivity contribution in [3.8, 4) is 0 Å². The van der Waals surface area contributed by atoms with Crippen LogP contribution < -0.4 is 5.32 Å². The first kappa shape index (κ1) is 15.1. The summed E-state index contributed by atoms with van der Waals surface area (Å²) < 4.78 is 7.08. The zero-order valence-corrected chi connectivity index (χ0v) is 14.7. The van der Waals surface area contributed by atoms with E-state index < -0.39 is 0 Å². The summed E-state index contributed by atoms with van der Waals surface area (Å²) in [5.41, 5.74) is 1.49. The third kappa shape index (κ3) is 3.51. The molecule has 0 bridgehead atoms. The normalized spacial score (nSPS) is 20.8. The van der Waals surface area contributed by atoms with E-state index in [1.54, 1.807) is 0 Å². The zero-order valence-electron chi connectivity index (χ0n) is 13.1. The molecular weight excluding hydrogens is 326 g/mol. The summed E-state index contributed by atoms with van der Waals surface area (Å²) in [6.07, 6.45) is 5.15. The molecule has 1 saturated carbocycles. The first-order valence-electron chi connectivity index (χ1n) is 7.88. The summed E-state index contributed by atoms with van der Waals surface area (Å²) in [7, 11) is 0. The second kappa shape index (κ2) is 5.77. The highest BCUT2D eigenvalue weighted by molar-refractivity contribution is 9.10. The van der Waals surface area contributed by atoms with Crippen LogP contribution in [0.15, 0.2) is 33.2 Å². The van der Waals surface area contributed by atoms with Gasteiger partial charge in [0.1, 0.15) is 11.3 Å². The van der Waals surface area contributed by atoms with E-state index >= 15 is 0 Å². The molecule has 21 heavy (non-hydrogen) atoms. The molecule has 3 heteroatoms. The Labute approximate surface area is 135 Å². The third-order valence-corrected chi connectivity index (χ3v) is 5.24. The second-order valence-corrected chi connectivity index (χ2v) is 8.07. The largest absolute Gasteiger partial charge is 0.459 e. The lowest BCUT2D eigenvalue weighted by Gasteiger charge is -2.35. The molecule has 1 heterocycles. The van der Waals surface area contributed by atoms with E-state index in [1.165, 1.54) is 25.7 Å². The molecule has 3 rings (SSSR count). The second-order valence-electron chi connectivity index (χ2n) is 7.16. The minimum absolute atomic E-state index is 0.266. The molecule has 1 N–H and O–H groups in total. The van der Waals surface area contributed by atoms with Gasteiger partial charge in [0, 0.05) is 15.9 Å². The van der Waals surface area contributed by atoms with E-state index in [1.807, 2.05) is 12.1 Å². The van der Waals surface area contributed by atoms with Gasteiger partial charge in [0.25, 0.3) is 0 Å². The van der Waals surface area contributed by atoms with Crippen molar-refractivity contribution in [1.82, 2.24) is 5.32 Å². The predicted octanol–water partition coefficient (Wildman–Crippen LogP) is 5.81. The molecule has 0 aliphatic heterocycles. The van der Waals surface area contributed by atoms with E-state index in [9.17, 15) is 0 Å². The highest BCUT2D eigenvalue weighted by atomic mass is 79.9. The molecule has 1 atom stereocenters. The number of benzene rings is 1. The van der Waals surface area contributed by atoms with Gasteiger partial charge < -0.3 is 9.73 Å². The standard InChI is InChI=1S/C18H24BrNO/c1-12(20-15-6-8-18(2,3)9-7-15)17-11-13-10-14(19)4-5-16(13)21-17/h4-5,10-12,15,20H,6-9H2,1-3H3. The lowest BCUT2D eigenvalue weighted by Crippen LogP contribution is -2.36. The number of fused-ring (bicyclic) bond motifs is 1. The SMILES string of the molecule is CC(NC1CCC(C)(C)CC1)c1cc2cc(Br)ccc2o1. The summed E-state index contributed by atoms with van der Waals surface area (Å²) in [6.45, 7) is 6.96. The van der Waals surface area contributed by atoms with Gasteiger partial charge in [-0.15, -0.1) is 0 Å². The Bertz CT molecular complexity index is 621. The molecule has 1 unspecified atom stereocenters. The van der Waals surface area contributed by atoms with Gasteiger partial charge in [-0.2, -0.15) is 0 Å². The zero-order chi connectivity index (χ0) is 15.0. The average molecular weight is 350 g/mol. The minimum atomic E-state index is 0.266. The highest BCUT2D eigenvalue weighted by Gasteiger charge is 2.27. The third-order valence-electron chi connectivity index (χ3n) is 4.75. The maximum Gasteiger partial charge on any atom is 0.134 e. The van der Waals surface area contributed by atoms with Crippen molar-refractivity contribution in [3.05, 3.63) is 34.5 Å². The van der Waals surface area contributed by atoms with Crippen LogP contribution in [-0.4, -0.2) is 6.04 Å². The lowest BCUT2D eigenvalue weighted by molar-refractivity contribution is 0.197. The molecule has 0 saturated heterocycles. The van der Waals surface area contributed by atoms with Crippen LogP contribution in [0.2, 0.25) is 0 Å². The van der Waals surface area contributed by atoms with Crippen LogP contribution >= 0.6 is 15.9 Å². The van der Waals surface area contributed by atoms with Crippen molar-refractivity contribution in [3.63, 3.8) is 0 Å².